The van der Waals surface area contributed by atoms with E-state index in [0.29, 0.717) is 17.3 Å². The molecule has 15 rings (SSSR count). The molecule has 0 nitrogen and oxygen atoms in total. The van der Waals surface area contributed by atoms with Crippen LogP contribution in [0, 0.1) is 11.3 Å². The lowest BCUT2D eigenvalue weighted by molar-refractivity contribution is 0.0587. The van der Waals surface area contributed by atoms with Crippen LogP contribution in [0.25, 0.3) is 33.0 Å². The van der Waals surface area contributed by atoms with Crippen molar-refractivity contribution in [2.45, 2.75) is 295 Å². The Labute approximate surface area is 535 Å². The average molecular weight is 1170 g/mol. The van der Waals surface area contributed by atoms with Crippen molar-refractivity contribution in [3.8, 4) is 22.3 Å². The van der Waals surface area contributed by atoms with E-state index >= 15 is 0 Å². The van der Waals surface area contributed by atoms with Crippen molar-refractivity contribution in [2.75, 3.05) is 0 Å². The number of benzene rings is 7. The number of aryl methyl sites for hydroxylation is 2. The minimum atomic E-state index is 0.0358. The maximum atomic E-state index is 2.53. The van der Waals surface area contributed by atoms with Gasteiger partial charge in [0.2, 0.25) is 0 Å². The Morgan fingerprint density at radius 2 is 0.701 bits per heavy atom. The molecule has 0 amide bonds. The third-order valence-electron chi connectivity index (χ3n) is 24.6. The molecular formula is C87H122. The molecule has 8 aliphatic carbocycles. The van der Waals surface area contributed by atoms with Crippen molar-refractivity contribution in [1.82, 2.24) is 0 Å². The Morgan fingerprint density at radius 3 is 1.26 bits per heavy atom. The highest BCUT2D eigenvalue weighted by molar-refractivity contribution is 6.07. The predicted octanol–water partition coefficient (Wildman–Crippen LogP) is 25.8. The molecule has 0 N–H and O–H groups in total. The molecule has 0 saturated carbocycles. The minimum Gasteiger partial charge on any atom is -0.0683 e. The van der Waals surface area contributed by atoms with Crippen molar-refractivity contribution in [2.24, 2.45) is 11.3 Å². The zero-order valence-corrected chi connectivity index (χ0v) is 61.2. The summed E-state index contributed by atoms with van der Waals surface area (Å²) >= 11 is 0. The third kappa shape index (κ3) is 9.58. The van der Waals surface area contributed by atoms with Crippen LogP contribution in [0.1, 0.15) is 322 Å². The summed E-state index contributed by atoms with van der Waals surface area (Å²) in [6.07, 6.45) is 6.51. The Bertz CT molecular complexity index is 3620. The van der Waals surface area contributed by atoms with E-state index < -0.39 is 0 Å². The van der Waals surface area contributed by atoms with Crippen LogP contribution in [0.2, 0.25) is 0 Å². The van der Waals surface area contributed by atoms with Gasteiger partial charge in [-0.1, -0.05) is 323 Å². The first kappa shape index (κ1) is 69.3. The first-order chi connectivity index (χ1) is 41.1. The van der Waals surface area contributed by atoms with Gasteiger partial charge >= 0.3 is 0 Å². The molecule has 0 aliphatic heterocycles. The normalized spacial score (nSPS) is 22.2. The summed E-state index contributed by atoms with van der Waals surface area (Å²) in [5.74, 6) is 2.01. The second-order valence-corrected chi connectivity index (χ2v) is 29.9. The highest BCUT2D eigenvalue weighted by atomic mass is 14.6. The first-order valence-corrected chi connectivity index (χ1v) is 35.3. The molecule has 470 valence electrons. The lowest BCUT2D eigenvalue weighted by Crippen LogP contribution is -2.53. The number of hydrogen-bond acceptors (Lipinski definition) is 0. The summed E-state index contributed by atoms with van der Waals surface area (Å²) in [4.78, 5) is 0. The fourth-order valence-corrected chi connectivity index (χ4v) is 18.0. The Balaban J connectivity index is 0.000000171. The van der Waals surface area contributed by atoms with Crippen molar-refractivity contribution in [3.63, 3.8) is 0 Å². The van der Waals surface area contributed by atoms with Crippen LogP contribution in [-0.2, 0) is 56.2 Å². The van der Waals surface area contributed by atoms with Crippen LogP contribution in [0.5, 0.6) is 0 Å². The molecule has 0 bridgehead atoms. The van der Waals surface area contributed by atoms with Crippen molar-refractivity contribution in [1.29, 1.82) is 0 Å². The quantitative estimate of drug-likeness (QED) is 0.142. The lowest BCUT2D eigenvalue weighted by atomic mass is 9.44. The summed E-state index contributed by atoms with van der Waals surface area (Å²) in [5.41, 5.74) is 31.4. The van der Waals surface area contributed by atoms with E-state index in [4.69, 9.17) is 0 Å². The molecule has 7 aromatic carbocycles. The van der Waals surface area contributed by atoms with Crippen LogP contribution in [0.15, 0.2) is 115 Å². The van der Waals surface area contributed by atoms with Crippen molar-refractivity contribution >= 4 is 10.8 Å². The zero-order valence-electron chi connectivity index (χ0n) is 61.2. The molecule has 0 spiro atoms. The molecule has 0 aromatic heterocycles. The largest absolute Gasteiger partial charge is 0.0683 e. The van der Waals surface area contributed by atoms with Crippen molar-refractivity contribution in [3.05, 3.63) is 199 Å². The molecule has 0 saturated heterocycles. The van der Waals surface area contributed by atoms with E-state index in [1.807, 2.05) is 83.1 Å². The summed E-state index contributed by atoms with van der Waals surface area (Å²) in [7, 11) is 0. The van der Waals surface area contributed by atoms with Gasteiger partial charge in [-0.25, -0.2) is 0 Å². The molecule has 7 aromatic rings. The van der Waals surface area contributed by atoms with Crippen LogP contribution < -0.4 is 0 Å². The van der Waals surface area contributed by atoms with Gasteiger partial charge in [0.1, 0.15) is 0 Å². The second-order valence-electron chi connectivity index (χ2n) is 29.9. The van der Waals surface area contributed by atoms with Crippen molar-refractivity contribution < 1.29 is 0 Å². The van der Waals surface area contributed by atoms with Gasteiger partial charge in [0, 0.05) is 16.7 Å². The summed E-state index contributed by atoms with van der Waals surface area (Å²) < 4.78 is 0. The van der Waals surface area contributed by atoms with Gasteiger partial charge in [0.05, 0.1) is 0 Å². The van der Waals surface area contributed by atoms with E-state index in [-0.39, 0.29) is 43.3 Å². The Morgan fingerprint density at radius 1 is 0.299 bits per heavy atom. The second kappa shape index (κ2) is 24.5. The molecular weight excluding hydrogens is 1040 g/mol. The molecule has 3 atom stereocenters. The minimum absolute atomic E-state index is 0.0358. The zero-order chi connectivity index (χ0) is 65.3. The van der Waals surface area contributed by atoms with Gasteiger partial charge in [-0.15, -0.1) is 0 Å². The molecule has 3 unspecified atom stereocenters. The SMILES string of the molecule is CC.CC.CC.CC.CC.CC.CC1(C)c2cccc3c2-c2c(ccc4c2C1CCC4)C(C)(C)C3(C)C.CC1(C)c2cccc3c2-c2c(ccc4cccc1c24)C(C)(C)C3(C)C.CC1(C)c2cccc3c2C2c4c1cccc4C(C)(C)C(C)(C)C2CC3. The third-order valence-corrected chi connectivity index (χ3v) is 24.6. The lowest BCUT2D eigenvalue weighted by Gasteiger charge is -2.60. The fraction of sp³-hybridized carbons (Fsp3) is 0.540. The molecule has 0 heterocycles. The molecule has 8 aliphatic rings. The van der Waals surface area contributed by atoms with E-state index in [2.05, 4.69) is 240 Å². The van der Waals surface area contributed by atoms with Gasteiger partial charge in [0.25, 0.3) is 0 Å². The van der Waals surface area contributed by atoms with Gasteiger partial charge in [-0.3, -0.25) is 0 Å². The average Bonchev–Trinajstić information content (AvgIpc) is 0.827. The Kier molecular flexibility index (Phi) is 19.5. The molecule has 0 radical (unpaired) electrons. The predicted molar refractivity (Wildman–Crippen MR) is 388 cm³/mol. The fourth-order valence-electron chi connectivity index (χ4n) is 18.0. The van der Waals surface area contributed by atoms with E-state index in [1.165, 1.54) is 76.3 Å². The van der Waals surface area contributed by atoms with Gasteiger partial charge in [0.15, 0.2) is 0 Å². The van der Waals surface area contributed by atoms with Gasteiger partial charge in [-0.05, 0) is 198 Å². The van der Waals surface area contributed by atoms with Crippen LogP contribution in [-0.4, -0.2) is 0 Å². The Hall–Kier alpha value is -5.20. The van der Waals surface area contributed by atoms with Gasteiger partial charge in [-0.2, -0.15) is 0 Å². The van der Waals surface area contributed by atoms with Gasteiger partial charge < -0.3 is 0 Å². The summed E-state index contributed by atoms with van der Waals surface area (Å²) in [6, 6.07) is 44.9. The number of hydrogen-bond donors (Lipinski definition) is 0. The maximum absolute atomic E-state index is 2.53. The van der Waals surface area contributed by atoms with E-state index in [1.54, 1.807) is 72.3 Å². The smallest absolute Gasteiger partial charge is 0.0159 e. The summed E-state index contributed by atoms with van der Waals surface area (Å²) in [5, 5.41) is 2.86. The highest BCUT2D eigenvalue weighted by Gasteiger charge is 2.58. The first-order valence-electron chi connectivity index (χ1n) is 35.3. The highest BCUT2D eigenvalue weighted by Crippen LogP contribution is 2.68. The van der Waals surface area contributed by atoms with E-state index in [9.17, 15) is 0 Å². The maximum Gasteiger partial charge on any atom is 0.0159 e. The summed E-state index contributed by atoms with van der Waals surface area (Å²) in [6.45, 7) is 68.2. The van der Waals surface area contributed by atoms with Crippen LogP contribution >= 0.6 is 0 Å². The standard InChI is InChI=1S/2C25H30.C25H26.6C2H6/c3*1-23(2)16-10-7-9-15-13-14-19-22(20(15)16)21-17(23)11-8-12-18(21)24(3,4)25(19,5)6;6*1-2/h8,11-14,16H,7,9-10H2,1-6H3;7-12,19,22H,13-14H2,1-6H3;7-14H,1-6H3;6*1-2H3. The van der Waals surface area contributed by atoms with Crippen LogP contribution in [0.4, 0.5) is 0 Å². The molecule has 0 fully saturated rings. The molecule has 87 heavy (non-hydrogen) atoms. The topological polar surface area (TPSA) is 0 Å². The van der Waals surface area contributed by atoms with Crippen LogP contribution in [0.3, 0.4) is 0 Å². The van der Waals surface area contributed by atoms with E-state index in [0.717, 1.165) is 5.92 Å². The number of rotatable bonds is 0. The monoisotopic (exact) mass is 1170 g/mol. The molecule has 0 heteroatoms.